The summed E-state index contributed by atoms with van der Waals surface area (Å²) in [6.07, 6.45) is 6.06. The molecule has 4 N–H and O–H groups in total. The quantitative estimate of drug-likeness (QED) is 0.198. The number of imide groups is 1. The van der Waals surface area contributed by atoms with Gasteiger partial charge in [0, 0.05) is 75.8 Å². The number of ether oxygens (including phenoxy) is 3. The van der Waals surface area contributed by atoms with Crippen LogP contribution in [0.4, 0.5) is 27.7 Å². The SMILES string of the molecule is CN(C(=O)N1CCC(Oc2cccc(N3CC4COC[C@H]3CN4c3cc(-c4ccccc4O)nnc3N)c2)CC1)C1CCC(c2cccc3c2OCCN3[C@@H]2CCC(=O)NC2=O)CC1. The van der Waals surface area contributed by atoms with Crippen LogP contribution in [0.5, 0.6) is 17.2 Å². The summed E-state index contributed by atoms with van der Waals surface area (Å²) in [6.45, 7) is 4.90. The number of nitrogens with zero attached hydrogens (tertiary/aromatic N) is 7. The maximum atomic E-state index is 13.9. The van der Waals surface area contributed by atoms with Gasteiger partial charge >= 0.3 is 6.03 Å². The molecule has 5 saturated heterocycles. The highest BCUT2D eigenvalue weighted by Crippen LogP contribution is 2.45. The van der Waals surface area contributed by atoms with Crippen LogP contribution in [0.1, 0.15) is 62.8 Å². The number of phenolic OH excluding ortho intramolecular Hbond substituents is 1. The van der Waals surface area contributed by atoms with Crippen molar-refractivity contribution in [2.24, 2.45) is 0 Å². The van der Waals surface area contributed by atoms with E-state index in [4.69, 9.17) is 19.9 Å². The third-order valence-corrected chi connectivity index (χ3v) is 14.3. The molecule has 7 aliphatic rings. The number of phenols is 1. The molecule has 64 heavy (non-hydrogen) atoms. The Kier molecular flexibility index (Phi) is 11.5. The highest BCUT2D eigenvalue weighted by molar-refractivity contribution is 6.02. The molecule has 1 aromatic heterocycles. The molecule has 1 saturated carbocycles. The minimum Gasteiger partial charge on any atom is -0.507 e. The zero-order valence-corrected chi connectivity index (χ0v) is 36.3. The molecule has 4 aromatic rings. The van der Waals surface area contributed by atoms with Gasteiger partial charge in [0.1, 0.15) is 36.0 Å². The number of nitrogen functional groups attached to an aromatic ring is 1. The van der Waals surface area contributed by atoms with Gasteiger partial charge in [0.25, 0.3) is 0 Å². The molecule has 7 heterocycles. The molecular formula is C48H57N9O7. The third-order valence-electron chi connectivity index (χ3n) is 14.3. The maximum Gasteiger partial charge on any atom is 0.319 e. The van der Waals surface area contributed by atoms with E-state index in [1.807, 2.05) is 59.3 Å². The van der Waals surface area contributed by atoms with Crippen LogP contribution in [0.15, 0.2) is 72.8 Å². The van der Waals surface area contributed by atoms with Crippen molar-refractivity contribution in [3.05, 3.63) is 78.4 Å². The van der Waals surface area contributed by atoms with Crippen molar-refractivity contribution in [1.29, 1.82) is 0 Å². The van der Waals surface area contributed by atoms with E-state index in [0.29, 0.717) is 81.8 Å². The van der Waals surface area contributed by atoms with Gasteiger partial charge < -0.3 is 49.6 Å². The van der Waals surface area contributed by atoms with Crippen molar-refractivity contribution >= 4 is 40.7 Å². The lowest BCUT2D eigenvalue weighted by atomic mass is 9.80. The van der Waals surface area contributed by atoms with E-state index < -0.39 is 0 Å². The van der Waals surface area contributed by atoms with Gasteiger partial charge in [0.05, 0.1) is 48.9 Å². The highest BCUT2D eigenvalue weighted by atomic mass is 16.5. The van der Waals surface area contributed by atoms with Gasteiger partial charge in [0.2, 0.25) is 11.8 Å². The number of nitrogens with two attached hydrogens (primary N) is 1. The van der Waals surface area contributed by atoms with Crippen molar-refractivity contribution in [2.75, 3.05) is 80.0 Å². The Labute approximate surface area is 373 Å². The summed E-state index contributed by atoms with van der Waals surface area (Å²) in [4.78, 5) is 49.2. The Morgan fingerprint density at radius 3 is 2.41 bits per heavy atom. The number of nitrogens with one attached hydrogen (secondary N) is 1. The third kappa shape index (κ3) is 8.19. The van der Waals surface area contributed by atoms with Gasteiger partial charge in [-0.05, 0) is 80.0 Å². The van der Waals surface area contributed by atoms with Crippen LogP contribution >= 0.6 is 0 Å². The van der Waals surface area contributed by atoms with Crippen LogP contribution in [0.3, 0.4) is 0 Å². The largest absolute Gasteiger partial charge is 0.507 e. The molecule has 16 nitrogen and oxygen atoms in total. The number of piperidine rings is 2. The molecular weight excluding hydrogens is 815 g/mol. The number of hydrogen-bond donors (Lipinski definition) is 3. The summed E-state index contributed by atoms with van der Waals surface area (Å²) in [5.74, 6) is 2.01. The van der Waals surface area contributed by atoms with E-state index in [2.05, 4.69) is 48.4 Å². The fourth-order valence-corrected chi connectivity index (χ4v) is 10.8. The summed E-state index contributed by atoms with van der Waals surface area (Å²) < 4.78 is 19.0. The molecule has 4 amide bonds. The zero-order valence-electron chi connectivity index (χ0n) is 36.3. The van der Waals surface area contributed by atoms with E-state index in [1.54, 1.807) is 12.1 Å². The van der Waals surface area contributed by atoms with Crippen molar-refractivity contribution in [2.45, 2.75) is 87.6 Å². The molecule has 1 unspecified atom stereocenters. The van der Waals surface area contributed by atoms with E-state index in [0.717, 1.165) is 73.6 Å². The Morgan fingerprint density at radius 2 is 1.61 bits per heavy atom. The van der Waals surface area contributed by atoms with E-state index >= 15 is 0 Å². The number of hydrogen-bond acceptors (Lipinski definition) is 13. The lowest BCUT2D eigenvalue weighted by Gasteiger charge is -2.45. The monoisotopic (exact) mass is 871 g/mol. The second-order valence-corrected chi connectivity index (χ2v) is 18.1. The second-order valence-electron chi connectivity index (χ2n) is 18.1. The summed E-state index contributed by atoms with van der Waals surface area (Å²) in [5, 5.41) is 21.6. The van der Waals surface area contributed by atoms with Gasteiger partial charge in [0.15, 0.2) is 5.82 Å². The number of para-hydroxylation sites is 2. The normalized spacial score (nSPS) is 25.0. The number of fused-ring (bicyclic) bond motifs is 5. The number of amides is 4. The summed E-state index contributed by atoms with van der Waals surface area (Å²) in [5.41, 5.74) is 11.5. The zero-order chi connectivity index (χ0) is 43.9. The molecule has 0 spiro atoms. The highest BCUT2D eigenvalue weighted by Gasteiger charge is 2.40. The minimum atomic E-state index is -0.379. The van der Waals surface area contributed by atoms with Crippen LogP contribution in [0, 0.1) is 0 Å². The van der Waals surface area contributed by atoms with Gasteiger partial charge in [-0.2, -0.15) is 0 Å². The molecule has 11 rings (SSSR count). The molecule has 6 aliphatic heterocycles. The topological polar surface area (TPSA) is 179 Å². The fraction of sp³-hybridized carbons (Fsp3) is 0.479. The maximum absolute atomic E-state index is 13.9. The molecule has 6 fully saturated rings. The van der Waals surface area contributed by atoms with Gasteiger partial charge in [-0.1, -0.05) is 30.3 Å². The van der Waals surface area contributed by atoms with Crippen LogP contribution in [-0.4, -0.2) is 133 Å². The predicted octanol–water partition coefficient (Wildman–Crippen LogP) is 5.15. The van der Waals surface area contributed by atoms with Crippen molar-refractivity contribution in [3.63, 3.8) is 0 Å². The van der Waals surface area contributed by atoms with Gasteiger partial charge in [-0.15, -0.1) is 10.2 Å². The molecule has 1 aliphatic carbocycles. The minimum absolute atomic E-state index is 0.00444. The first-order valence-electron chi connectivity index (χ1n) is 22.9. The average Bonchev–Trinajstić information content (AvgIpc) is 3.66. The number of anilines is 4. The lowest BCUT2D eigenvalue weighted by molar-refractivity contribution is -0.134. The number of likely N-dealkylation sites (tertiary alicyclic amines) is 1. The van der Waals surface area contributed by atoms with Crippen LogP contribution in [-0.2, 0) is 14.3 Å². The molecule has 3 aromatic carbocycles. The van der Waals surface area contributed by atoms with Crippen LogP contribution in [0.2, 0.25) is 0 Å². The van der Waals surface area contributed by atoms with E-state index in [1.165, 1.54) is 5.56 Å². The number of aromatic hydroxyl groups is 1. The number of rotatable bonds is 8. The van der Waals surface area contributed by atoms with Crippen molar-refractivity contribution < 1.29 is 33.7 Å². The van der Waals surface area contributed by atoms with Crippen LogP contribution < -0.4 is 35.2 Å². The first-order chi connectivity index (χ1) is 31.2. The second kappa shape index (κ2) is 17.7. The predicted molar refractivity (Wildman–Crippen MR) is 242 cm³/mol. The Balaban J connectivity index is 0.721. The summed E-state index contributed by atoms with van der Waals surface area (Å²) in [7, 11) is 1.95. The Hall–Kier alpha value is -6.29. The number of carbonyl (C=O) groups is 3. The number of piperazine rings is 1. The van der Waals surface area contributed by atoms with E-state index in [-0.39, 0.29) is 53.9 Å². The first-order valence-corrected chi connectivity index (χ1v) is 22.9. The number of urea groups is 1. The molecule has 3 atom stereocenters. The smallest absolute Gasteiger partial charge is 0.319 e. The lowest BCUT2D eigenvalue weighted by Crippen LogP contribution is -2.58. The summed E-state index contributed by atoms with van der Waals surface area (Å²) >= 11 is 0. The molecule has 336 valence electrons. The molecule has 16 heteroatoms. The van der Waals surface area contributed by atoms with Crippen molar-refractivity contribution in [1.82, 2.24) is 25.3 Å². The molecule has 0 radical (unpaired) electrons. The van der Waals surface area contributed by atoms with E-state index in [9.17, 15) is 19.5 Å². The summed E-state index contributed by atoms with van der Waals surface area (Å²) in [6, 6.07) is 23.5. The molecule has 2 bridgehead atoms. The number of aromatic nitrogens is 2. The fourth-order valence-electron chi connectivity index (χ4n) is 10.8. The average molecular weight is 872 g/mol. The first kappa shape index (κ1) is 41.7. The number of benzene rings is 3. The standard InChI is InChI=1S/C48H57N9O7/c1-53(31-14-12-30(13-15-31)37-9-5-10-40-45(37)63-23-22-55(40)41-16-17-44(59)50-47(41)60)48(61)54-20-18-35(19-21-54)64-36-7-4-6-32(24-36)56-26-34-29-62-28-33(56)27-57(34)42-25-39(51-52-46(42)49)38-8-2-3-11-43(38)58/h2-11,24-25,30-31,33-35,41,58H,12-23,26-29H2,1H3,(H2,49,52)(H,50,59,60)/t30?,31?,33-,34?,41-/m1/s1. The Morgan fingerprint density at radius 1 is 0.844 bits per heavy atom. The van der Waals surface area contributed by atoms with Gasteiger partial charge in [-0.25, -0.2) is 4.79 Å². The Bertz CT molecular complexity index is 2390. The van der Waals surface area contributed by atoms with Crippen LogP contribution in [0.25, 0.3) is 11.3 Å². The van der Waals surface area contributed by atoms with Crippen molar-refractivity contribution in [3.8, 4) is 28.5 Å². The van der Waals surface area contributed by atoms with Gasteiger partial charge in [-0.3, -0.25) is 14.9 Å². The number of carbonyl (C=O) groups excluding carboxylic acids is 3.